The maximum atomic E-state index is 15.2. The predicted octanol–water partition coefficient (Wildman–Crippen LogP) is 4.03. The van der Waals surface area contributed by atoms with Gasteiger partial charge in [0.1, 0.15) is 11.7 Å². The average molecular weight is 453 g/mol. The monoisotopic (exact) mass is 452 g/mol. The Kier molecular flexibility index (Phi) is 5.57. The maximum absolute atomic E-state index is 15.2. The number of likely N-dealkylation sites (N-methyl/N-ethyl adjacent to an activating group) is 1. The third kappa shape index (κ3) is 4.45. The van der Waals surface area contributed by atoms with Crippen LogP contribution in [0, 0.1) is 11.6 Å². The summed E-state index contributed by atoms with van der Waals surface area (Å²) < 4.78 is 35.7. The predicted molar refractivity (Wildman–Crippen MR) is 125 cm³/mol. The van der Waals surface area contributed by atoms with Gasteiger partial charge in [-0.15, -0.1) is 0 Å². The van der Waals surface area contributed by atoms with Crippen LogP contribution in [0.5, 0.6) is 11.6 Å². The van der Waals surface area contributed by atoms with Crippen LogP contribution < -0.4 is 15.0 Å². The second kappa shape index (κ2) is 8.55. The Hall–Kier alpha value is -3.33. The summed E-state index contributed by atoms with van der Waals surface area (Å²) >= 11 is 0. The topological polar surface area (TPSA) is 65.9 Å². The fraction of sp³-hybridized carbons (Fsp3) is 0.375. The number of benzene rings is 1. The number of fused-ring (bicyclic) bond motifs is 1. The number of allylic oxidation sites excluding steroid dienone is 1. The number of amidine groups is 1. The van der Waals surface area contributed by atoms with E-state index < -0.39 is 17.4 Å². The number of aromatic nitrogens is 2. The van der Waals surface area contributed by atoms with Crippen molar-refractivity contribution in [2.45, 2.75) is 20.3 Å². The van der Waals surface area contributed by atoms with E-state index in [-0.39, 0.29) is 11.8 Å². The standard InChI is InChI=1S/C24H26F2N6O/c1-14-8-16-11-18(25)23(22(26)17(16)9-14)33-21-12-20(32-6-4-31(3)5-7-32)29-24(30-21)28-19-10-15(2)13-27-19/h9-12H,4-8,13H2,1-3H3,(H,27,28,29,30). The molecule has 0 radical (unpaired) electrons. The third-order valence-corrected chi connectivity index (χ3v) is 6.00. The van der Waals surface area contributed by atoms with Gasteiger partial charge in [0.05, 0.1) is 6.54 Å². The molecule has 1 aromatic carbocycles. The molecule has 2 aromatic rings. The highest BCUT2D eigenvalue weighted by Crippen LogP contribution is 2.37. The highest BCUT2D eigenvalue weighted by Gasteiger charge is 2.24. The first-order chi connectivity index (χ1) is 15.9. The Morgan fingerprint density at radius 1 is 1.00 bits per heavy atom. The fourth-order valence-corrected chi connectivity index (χ4v) is 4.21. The molecule has 1 N–H and O–H groups in total. The molecule has 3 heterocycles. The molecule has 0 bridgehead atoms. The quantitative estimate of drug-likeness (QED) is 0.756. The molecule has 9 heteroatoms. The van der Waals surface area contributed by atoms with Crippen LogP contribution in [0.15, 0.2) is 34.3 Å². The maximum Gasteiger partial charge on any atom is 0.233 e. The zero-order valence-electron chi connectivity index (χ0n) is 19.0. The van der Waals surface area contributed by atoms with Gasteiger partial charge in [0.2, 0.25) is 17.6 Å². The summed E-state index contributed by atoms with van der Waals surface area (Å²) in [5.41, 5.74) is 3.10. The second-order valence-electron chi connectivity index (χ2n) is 8.84. The molecule has 172 valence electrons. The summed E-state index contributed by atoms with van der Waals surface area (Å²) in [5, 5.41) is 3.10. The van der Waals surface area contributed by atoms with Crippen LogP contribution in [0.3, 0.4) is 0 Å². The van der Waals surface area contributed by atoms with Crippen molar-refractivity contribution in [1.82, 2.24) is 14.9 Å². The zero-order chi connectivity index (χ0) is 23.1. The van der Waals surface area contributed by atoms with Crippen molar-refractivity contribution in [3.05, 3.63) is 52.1 Å². The number of nitrogens with one attached hydrogen (secondary N) is 1. The van der Waals surface area contributed by atoms with E-state index in [2.05, 4.69) is 37.1 Å². The smallest absolute Gasteiger partial charge is 0.233 e. The van der Waals surface area contributed by atoms with Crippen LogP contribution in [-0.4, -0.2) is 60.5 Å². The highest BCUT2D eigenvalue weighted by atomic mass is 19.1. The van der Waals surface area contributed by atoms with Crippen molar-refractivity contribution in [2.75, 3.05) is 50.0 Å². The molecular formula is C24H26F2N6O. The summed E-state index contributed by atoms with van der Waals surface area (Å²) in [7, 11) is 2.07. The number of aliphatic imine (C=N–C) groups is 1. The number of nitrogens with zero attached hydrogens (tertiary/aromatic N) is 5. The molecule has 0 saturated carbocycles. The molecule has 1 saturated heterocycles. The number of halogens is 2. The van der Waals surface area contributed by atoms with Crippen LogP contribution in [-0.2, 0) is 6.42 Å². The van der Waals surface area contributed by atoms with Crippen LogP contribution in [0.25, 0.3) is 6.08 Å². The third-order valence-electron chi connectivity index (χ3n) is 6.00. The molecule has 2 aliphatic heterocycles. The van der Waals surface area contributed by atoms with Gasteiger partial charge >= 0.3 is 0 Å². The Labute approximate surface area is 191 Å². The molecule has 5 rings (SSSR count). The normalized spacial score (nSPS) is 18.1. The van der Waals surface area contributed by atoms with Crippen LogP contribution in [0.4, 0.5) is 20.5 Å². The van der Waals surface area contributed by atoms with Crippen molar-refractivity contribution in [3.63, 3.8) is 0 Å². The number of piperazine rings is 1. The number of rotatable bonds is 4. The average Bonchev–Trinajstić information content (AvgIpc) is 3.36. The molecule has 33 heavy (non-hydrogen) atoms. The minimum Gasteiger partial charge on any atom is -0.433 e. The number of anilines is 2. The number of ether oxygens (including phenoxy) is 1. The molecule has 0 amide bonds. The number of hydrogen-bond acceptors (Lipinski definition) is 7. The molecule has 7 nitrogen and oxygen atoms in total. The van der Waals surface area contributed by atoms with Gasteiger partial charge in [0.25, 0.3) is 0 Å². The molecular weight excluding hydrogens is 426 g/mol. The van der Waals surface area contributed by atoms with Crippen LogP contribution >= 0.6 is 0 Å². The summed E-state index contributed by atoms with van der Waals surface area (Å²) in [6.07, 6.45) is 4.18. The van der Waals surface area contributed by atoms with Gasteiger partial charge in [-0.25, -0.2) is 8.78 Å². The summed E-state index contributed by atoms with van der Waals surface area (Å²) in [6, 6.07) is 2.96. The Bertz CT molecular complexity index is 1200. The Morgan fingerprint density at radius 3 is 2.52 bits per heavy atom. The lowest BCUT2D eigenvalue weighted by atomic mass is 10.1. The molecule has 1 aromatic heterocycles. The van der Waals surface area contributed by atoms with E-state index in [0.29, 0.717) is 35.7 Å². The SMILES string of the molecule is CC1=CC(Nc2nc(Oc3c(F)cc4c(c3F)C=C(C)C4)cc(N3CCN(C)CC3)n2)=NC1. The molecule has 3 aliphatic rings. The van der Waals surface area contributed by atoms with E-state index in [1.54, 1.807) is 12.1 Å². The van der Waals surface area contributed by atoms with E-state index in [4.69, 9.17) is 4.74 Å². The molecule has 1 aliphatic carbocycles. The van der Waals surface area contributed by atoms with E-state index in [0.717, 1.165) is 37.3 Å². The van der Waals surface area contributed by atoms with Crippen molar-refractivity contribution >= 4 is 23.7 Å². The summed E-state index contributed by atoms with van der Waals surface area (Å²) in [5.74, 6) is -0.307. The lowest BCUT2D eigenvalue weighted by Gasteiger charge is -2.33. The van der Waals surface area contributed by atoms with Gasteiger partial charge in [0.15, 0.2) is 11.6 Å². The fourth-order valence-electron chi connectivity index (χ4n) is 4.21. The minimum atomic E-state index is -0.748. The molecule has 0 atom stereocenters. The van der Waals surface area contributed by atoms with E-state index in [1.807, 2.05) is 19.9 Å². The first-order valence-corrected chi connectivity index (χ1v) is 11.0. The van der Waals surface area contributed by atoms with Crippen LogP contribution in [0.1, 0.15) is 25.0 Å². The lowest BCUT2D eigenvalue weighted by Crippen LogP contribution is -2.44. The van der Waals surface area contributed by atoms with Gasteiger partial charge in [-0.05, 0) is 50.6 Å². The van der Waals surface area contributed by atoms with E-state index in [1.165, 1.54) is 6.07 Å². The van der Waals surface area contributed by atoms with Crippen molar-refractivity contribution < 1.29 is 13.5 Å². The van der Waals surface area contributed by atoms with Gasteiger partial charge in [-0.3, -0.25) is 4.99 Å². The number of hydrogen-bond donors (Lipinski definition) is 1. The van der Waals surface area contributed by atoms with E-state index >= 15 is 4.39 Å². The Balaban J connectivity index is 1.49. The second-order valence-corrected chi connectivity index (χ2v) is 8.84. The van der Waals surface area contributed by atoms with Crippen molar-refractivity contribution in [1.29, 1.82) is 0 Å². The van der Waals surface area contributed by atoms with Gasteiger partial charge in [-0.1, -0.05) is 11.6 Å². The minimum absolute atomic E-state index is 0.0668. The molecule has 0 spiro atoms. The van der Waals surface area contributed by atoms with Crippen molar-refractivity contribution in [3.8, 4) is 11.6 Å². The van der Waals surface area contributed by atoms with Gasteiger partial charge < -0.3 is 19.9 Å². The van der Waals surface area contributed by atoms with Gasteiger partial charge in [0, 0.05) is 37.8 Å². The summed E-state index contributed by atoms with van der Waals surface area (Å²) in [4.78, 5) is 17.7. The largest absolute Gasteiger partial charge is 0.433 e. The van der Waals surface area contributed by atoms with Crippen LogP contribution in [0.2, 0.25) is 0 Å². The van der Waals surface area contributed by atoms with Crippen molar-refractivity contribution in [2.24, 2.45) is 4.99 Å². The Morgan fingerprint density at radius 2 is 1.79 bits per heavy atom. The van der Waals surface area contributed by atoms with E-state index in [9.17, 15) is 4.39 Å². The first-order valence-electron chi connectivity index (χ1n) is 11.0. The van der Waals surface area contributed by atoms with Gasteiger partial charge in [-0.2, -0.15) is 9.97 Å². The zero-order valence-corrected chi connectivity index (χ0v) is 19.0. The molecule has 0 unspecified atom stereocenters. The summed E-state index contributed by atoms with van der Waals surface area (Å²) in [6.45, 7) is 7.82. The molecule has 1 fully saturated rings. The lowest BCUT2D eigenvalue weighted by molar-refractivity contribution is 0.312. The first kappa shape index (κ1) is 21.5. The highest BCUT2D eigenvalue weighted by molar-refractivity contribution is 6.04.